The first-order valence-electron chi connectivity index (χ1n) is 10.1. The summed E-state index contributed by atoms with van der Waals surface area (Å²) >= 11 is 1.55. The second-order valence-electron chi connectivity index (χ2n) is 7.44. The zero-order valence-corrected chi connectivity index (χ0v) is 17.4. The maximum atomic E-state index is 12.4. The third-order valence-electron chi connectivity index (χ3n) is 5.30. The maximum Gasteiger partial charge on any atom is 0.229 e. The van der Waals surface area contributed by atoms with Gasteiger partial charge in [-0.15, -0.1) is 11.3 Å². The number of hydrogen-bond donors (Lipinski definition) is 0. The Balaban J connectivity index is 1.22. The predicted molar refractivity (Wildman–Crippen MR) is 107 cm³/mol. The molecule has 0 unspecified atom stereocenters. The second-order valence-corrected chi connectivity index (χ2v) is 8.39. The molecule has 0 N–H and O–H groups in total. The van der Waals surface area contributed by atoms with Crippen LogP contribution in [0.3, 0.4) is 0 Å². The molecule has 0 atom stereocenters. The molecule has 0 radical (unpaired) electrons. The molecule has 0 aromatic carbocycles. The van der Waals surface area contributed by atoms with Crippen LogP contribution in [0.5, 0.6) is 0 Å². The Bertz CT molecular complexity index is 914. The molecule has 0 spiro atoms. The molecule has 1 aliphatic rings. The van der Waals surface area contributed by atoms with Gasteiger partial charge in [0.05, 0.1) is 4.88 Å². The van der Waals surface area contributed by atoms with Gasteiger partial charge in [0.2, 0.25) is 23.5 Å². The summed E-state index contributed by atoms with van der Waals surface area (Å²) in [6.45, 7) is 0.548. The van der Waals surface area contributed by atoms with E-state index in [0.29, 0.717) is 49.3 Å². The molecule has 3 heterocycles. The maximum absolute atomic E-state index is 12.4. The van der Waals surface area contributed by atoms with E-state index in [-0.39, 0.29) is 5.91 Å². The van der Waals surface area contributed by atoms with Crippen molar-refractivity contribution in [3.63, 3.8) is 0 Å². The highest BCUT2D eigenvalue weighted by Crippen LogP contribution is 2.31. The number of aryl methyl sites for hydroxylation is 1. The lowest BCUT2D eigenvalue weighted by atomic mass is 9.89. The Morgan fingerprint density at radius 2 is 2.03 bits per heavy atom. The van der Waals surface area contributed by atoms with E-state index in [1.807, 2.05) is 17.5 Å². The molecule has 29 heavy (non-hydrogen) atoms. The van der Waals surface area contributed by atoms with Crippen LogP contribution < -0.4 is 0 Å². The number of amides is 1. The minimum absolute atomic E-state index is 0.0249. The number of aromatic nitrogens is 4. The molecule has 1 aliphatic carbocycles. The number of nitrogens with zero attached hydrogens (tertiary/aromatic N) is 5. The van der Waals surface area contributed by atoms with Crippen LogP contribution in [-0.4, -0.2) is 44.7 Å². The highest BCUT2D eigenvalue weighted by molar-refractivity contribution is 7.13. The molecular formula is C20H25N5O3S. The highest BCUT2D eigenvalue weighted by Gasteiger charge is 2.22. The van der Waals surface area contributed by atoms with E-state index in [1.165, 1.54) is 19.3 Å². The van der Waals surface area contributed by atoms with E-state index in [9.17, 15) is 4.79 Å². The smallest absolute Gasteiger partial charge is 0.229 e. The van der Waals surface area contributed by atoms with Crippen LogP contribution >= 0.6 is 11.3 Å². The van der Waals surface area contributed by atoms with E-state index in [2.05, 4.69) is 20.3 Å². The van der Waals surface area contributed by atoms with Crippen molar-refractivity contribution < 1.29 is 13.8 Å². The first kappa shape index (κ1) is 19.8. The van der Waals surface area contributed by atoms with E-state index < -0.39 is 0 Å². The molecule has 1 saturated carbocycles. The van der Waals surface area contributed by atoms with Crippen molar-refractivity contribution in [3.8, 4) is 10.7 Å². The molecule has 0 bridgehead atoms. The van der Waals surface area contributed by atoms with Crippen molar-refractivity contribution >= 4 is 17.2 Å². The van der Waals surface area contributed by atoms with Crippen LogP contribution in [0.4, 0.5) is 0 Å². The lowest BCUT2D eigenvalue weighted by Gasteiger charge is -2.17. The van der Waals surface area contributed by atoms with E-state index >= 15 is 0 Å². The fourth-order valence-corrected chi connectivity index (χ4v) is 4.19. The molecule has 4 rings (SSSR count). The zero-order chi connectivity index (χ0) is 20.1. The van der Waals surface area contributed by atoms with Crippen molar-refractivity contribution in [1.82, 2.24) is 25.2 Å². The number of likely N-dealkylation sites (N-methyl/N-ethyl adjacent to an activating group) is 1. The molecule has 1 fully saturated rings. The Hall–Kier alpha value is -2.55. The number of carbonyl (C=O) groups excluding carboxylic acids is 1. The van der Waals surface area contributed by atoms with Crippen LogP contribution in [0.15, 0.2) is 26.6 Å². The van der Waals surface area contributed by atoms with Gasteiger partial charge in [-0.05, 0) is 24.3 Å². The molecule has 0 aliphatic heterocycles. The molecule has 9 heteroatoms. The van der Waals surface area contributed by atoms with Gasteiger partial charge in [-0.3, -0.25) is 4.79 Å². The van der Waals surface area contributed by atoms with Crippen LogP contribution in [0.25, 0.3) is 10.7 Å². The first-order chi connectivity index (χ1) is 14.2. The quantitative estimate of drug-likeness (QED) is 0.551. The standard InChI is InChI=1S/C20H25N5O3S/c1-25(12-11-16-21-20(28-23-16)14-6-3-2-4-7-14)18(26)10-9-17-22-19(24-27-17)15-8-5-13-29-15/h5,8,13-14H,2-4,6-7,9-12H2,1H3. The highest BCUT2D eigenvalue weighted by atomic mass is 32.1. The predicted octanol–water partition coefficient (Wildman–Crippen LogP) is 3.86. The molecule has 154 valence electrons. The first-order valence-corrected chi connectivity index (χ1v) is 11.0. The third-order valence-corrected chi connectivity index (χ3v) is 6.16. The van der Waals surface area contributed by atoms with Gasteiger partial charge < -0.3 is 13.9 Å². The Kier molecular flexibility index (Phi) is 6.33. The monoisotopic (exact) mass is 415 g/mol. The number of carbonyl (C=O) groups is 1. The van der Waals surface area contributed by atoms with Crippen LogP contribution in [0.2, 0.25) is 0 Å². The minimum Gasteiger partial charge on any atom is -0.345 e. The van der Waals surface area contributed by atoms with Gasteiger partial charge in [-0.25, -0.2) is 0 Å². The van der Waals surface area contributed by atoms with Gasteiger partial charge in [-0.1, -0.05) is 35.6 Å². The van der Waals surface area contributed by atoms with Crippen LogP contribution in [-0.2, 0) is 17.6 Å². The summed E-state index contributed by atoms with van der Waals surface area (Å²) in [7, 11) is 1.79. The van der Waals surface area contributed by atoms with Crippen molar-refractivity contribution in [3.05, 3.63) is 35.1 Å². The lowest BCUT2D eigenvalue weighted by Crippen LogP contribution is -2.29. The Morgan fingerprint density at radius 3 is 2.83 bits per heavy atom. The fourth-order valence-electron chi connectivity index (χ4n) is 3.54. The van der Waals surface area contributed by atoms with Crippen molar-refractivity contribution in [2.24, 2.45) is 0 Å². The molecule has 3 aromatic heterocycles. The Labute approximate surface area is 173 Å². The summed E-state index contributed by atoms with van der Waals surface area (Å²) in [5.41, 5.74) is 0. The van der Waals surface area contributed by atoms with Crippen LogP contribution in [0.1, 0.15) is 62.0 Å². The third kappa shape index (κ3) is 5.09. The van der Waals surface area contributed by atoms with Crippen molar-refractivity contribution in [1.29, 1.82) is 0 Å². The number of hydrogen-bond acceptors (Lipinski definition) is 8. The zero-order valence-electron chi connectivity index (χ0n) is 16.5. The van der Waals surface area contributed by atoms with Gasteiger partial charge in [0.25, 0.3) is 0 Å². The summed E-state index contributed by atoms with van der Waals surface area (Å²) in [4.78, 5) is 23.9. The molecule has 0 saturated heterocycles. The van der Waals surface area contributed by atoms with E-state index in [0.717, 1.165) is 23.6 Å². The van der Waals surface area contributed by atoms with Gasteiger partial charge in [0, 0.05) is 38.8 Å². The average molecular weight is 416 g/mol. The normalized spacial score (nSPS) is 14.9. The van der Waals surface area contributed by atoms with Crippen molar-refractivity contribution in [2.45, 2.75) is 57.3 Å². The number of thiophene rings is 1. The summed E-state index contributed by atoms with van der Waals surface area (Å²) in [6, 6.07) is 3.88. The minimum atomic E-state index is 0.0249. The second kappa shape index (κ2) is 9.30. The Morgan fingerprint density at radius 1 is 1.17 bits per heavy atom. The fraction of sp³-hybridized carbons (Fsp3) is 0.550. The van der Waals surface area contributed by atoms with Crippen LogP contribution in [0, 0.1) is 0 Å². The summed E-state index contributed by atoms with van der Waals surface area (Å²) < 4.78 is 10.7. The summed E-state index contributed by atoms with van der Waals surface area (Å²) in [6.07, 6.45) is 7.35. The van der Waals surface area contributed by atoms with Gasteiger partial charge in [0.15, 0.2) is 5.82 Å². The molecule has 1 amide bonds. The van der Waals surface area contributed by atoms with Gasteiger partial charge in [-0.2, -0.15) is 9.97 Å². The van der Waals surface area contributed by atoms with Gasteiger partial charge in [0.1, 0.15) is 0 Å². The molecule has 8 nitrogen and oxygen atoms in total. The van der Waals surface area contributed by atoms with E-state index in [4.69, 9.17) is 9.05 Å². The summed E-state index contributed by atoms with van der Waals surface area (Å²) in [5, 5.41) is 10.0. The largest absolute Gasteiger partial charge is 0.345 e. The topological polar surface area (TPSA) is 98.2 Å². The number of rotatable bonds is 8. The van der Waals surface area contributed by atoms with E-state index in [1.54, 1.807) is 23.3 Å². The summed E-state index contributed by atoms with van der Waals surface area (Å²) in [5.74, 6) is 2.90. The molecule has 3 aromatic rings. The van der Waals surface area contributed by atoms with Gasteiger partial charge >= 0.3 is 0 Å². The molecular weight excluding hydrogens is 390 g/mol. The average Bonchev–Trinajstić information content (AvgIpc) is 3.52. The lowest BCUT2D eigenvalue weighted by molar-refractivity contribution is -0.129. The SMILES string of the molecule is CN(CCc1noc(C2CCCCC2)n1)C(=O)CCc1nc(-c2cccs2)no1. The van der Waals surface area contributed by atoms with Crippen molar-refractivity contribution in [2.75, 3.05) is 13.6 Å².